The Morgan fingerprint density at radius 2 is 2.05 bits per heavy atom. The molecule has 0 radical (unpaired) electrons. The molecule has 2 aromatic rings. The lowest BCUT2D eigenvalue weighted by atomic mass is 10.1. The number of rotatable bonds is 4. The summed E-state index contributed by atoms with van der Waals surface area (Å²) in [5.41, 5.74) is 2.67. The van der Waals surface area contributed by atoms with Gasteiger partial charge in [-0.2, -0.15) is 11.3 Å². The van der Waals surface area contributed by atoms with Crippen molar-refractivity contribution in [3.8, 4) is 0 Å². The van der Waals surface area contributed by atoms with Gasteiger partial charge in [-0.05, 0) is 35.9 Å². The van der Waals surface area contributed by atoms with Gasteiger partial charge < -0.3 is 10.4 Å². The van der Waals surface area contributed by atoms with Crippen molar-refractivity contribution in [1.29, 1.82) is 0 Å². The van der Waals surface area contributed by atoms with E-state index in [0.717, 1.165) is 43.7 Å². The van der Waals surface area contributed by atoms with Crippen molar-refractivity contribution < 1.29 is 9.90 Å². The van der Waals surface area contributed by atoms with Crippen molar-refractivity contribution in [2.75, 3.05) is 18.4 Å². The number of nitrogens with zero attached hydrogens (tertiary/aromatic N) is 1. The first-order valence-electron chi connectivity index (χ1n) is 7.54. The fourth-order valence-corrected chi connectivity index (χ4v) is 3.32. The predicted molar refractivity (Wildman–Crippen MR) is 89.2 cm³/mol. The zero-order chi connectivity index (χ0) is 15.4. The molecule has 3 rings (SSSR count). The molecule has 1 amide bonds. The van der Waals surface area contributed by atoms with Crippen LogP contribution in [-0.2, 0) is 6.54 Å². The van der Waals surface area contributed by atoms with E-state index in [1.807, 2.05) is 41.1 Å². The Morgan fingerprint density at radius 3 is 2.77 bits per heavy atom. The Kier molecular flexibility index (Phi) is 4.87. The van der Waals surface area contributed by atoms with E-state index in [1.54, 1.807) is 0 Å². The molecule has 1 aliphatic heterocycles. The van der Waals surface area contributed by atoms with E-state index in [9.17, 15) is 9.90 Å². The first-order chi connectivity index (χ1) is 10.7. The van der Waals surface area contributed by atoms with Crippen molar-refractivity contribution >= 4 is 22.9 Å². The second-order valence-corrected chi connectivity index (χ2v) is 6.41. The van der Waals surface area contributed by atoms with Gasteiger partial charge in [0, 0.05) is 30.7 Å². The van der Waals surface area contributed by atoms with Gasteiger partial charge >= 0.3 is 0 Å². The number of piperidine rings is 1. The van der Waals surface area contributed by atoms with Crippen molar-refractivity contribution in [3.63, 3.8) is 0 Å². The fraction of sp³-hybridized carbons (Fsp3) is 0.353. The molecule has 0 unspecified atom stereocenters. The van der Waals surface area contributed by atoms with Crippen molar-refractivity contribution in [2.45, 2.75) is 25.5 Å². The van der Waals surface area contributed by atoms with E-state index in [2.05, 4.69) is 10.2 Å². The minimum absolute atomic E-state index is 0.0669. The van der Waals surface area contributed by atoms with Gasteiger partial charge in [0.2, 0.25) is 0 Å². The van der Waals surface area contributed by atoms with Crippen LogP contribution in [0.3, 0.4) is 0 Å². The van der Waals surface area contributed by atoms with Crippen LogP contribution in [-0.4, -0.2) is 35.1 Å². The molecular weight excluding hydrogens is 296 g/mol. The van der Waals surface area contributed by atoms with Crippen molar-refractivity contribution in [1.82, 2.24) is 4.90 Å². The number of likely N-dealkylation sites (tertiary alicyclic amines) is 1. The number of anilines is 1. The molecule has 0 bridgehead atoms. The molecule has 0 saturated carbocycles. The maximum absolute atomic E-state index is 12.2. The van der Waals surface area contributed by atoms with E-state index >= 15 is 0 Å². The van der Waals surface area contributed by atoms with Gasteiger partial charge in [-0.15, -0.1) is 0 Å². The largest absolute Gasteiger partial charge is 0.393 e. The minimum atomic E-state index is -0.162. The monoisotopic (exact) mass is 316 g/mol. The summed E-state index contributed by atoms with van der Waals surface area (Å²) in [4.78, 5) is 14.5. The number of aliphatic hydroxyl groups is 1. The summed E-state index contributed by atoms with van der Waals surface area (Å²) in [6.45, 7) is 2.59. The topological polar surface area (TPSA) is 52.6 Å². The van der Waals surface area contributed by atoms with Crippen LogP contribution in [0.15, 0.2) is 41.1 Å². The predicted octanol–water partition coefficient (Wildman–Crippen LogP) is 2.96. The van der Waals surface area contributed by atoms with Crippen LogP contribution in [0, 0.1) is 0 Å². The summed E-state index contributed by atoms with van der Waals surface area (Å²) in [5.74, 6) is -0.0669. The normalized spacial score (nSPS) is 16.6. The van der Waals surface area contributed by atoms with E-state index in [4.69, 9.17) is 0 Å². The van der Waals surface area contributed by atoms with E-state index in [1.165, 1.54) is 11.3 Å². The number of aliphatic hydroxyl groups excluding tert-OH is 1. The van der Waals surface area contributed by atoms with Gasteiger partial charge in [0.1, 0.15) is 0 Å². The molecule has 1 saturated heterocycles. The quantitative estimate of drug-likeness (QED) is 0.912. The highest BCUT2D eigenvalue weighted by Crippen LogP contribution is 2.21. The third-order valence-corrected chi connectivity index (χ3v) is 4.68. The van der Waals surface area contributed by atoms with E-state index < -0.39 is 0 Å². The van der Waals surface area contributed by atoms with Crippen LogP contribution in [0.4, 0.5) is 5.69 Å². The van der Waals surface area contributed by atoms with Crippen LogP contribution in [0.25, 0.3) is 0 Å². The van der Waals surface area contributed by atoms with Gasteiger partial charge in [0.05, 0.1) is 11.7 Å². The molecule has 1 fully saturated rings. The minimum Gasteiger partial charge on any atom is -0.393 e. The van der Waals surface area contributed by atoms with Gasteiger partial charge in [-0.3, -0.25) is 9.69 Å². The Hall–Kier alpha value is -1.69. The summed E-state index contributed by atoms with van der Waals surface area (Å²) < 4.78 is 0. The molecule has 116 valence electrons. The van der Waals surface area contributed by atoms with Gasteiger partial charge in [0.25, 0.3) is 5.91 Å². The molecule has 2 N–H and O–H groups in total. The maximum Gasteiger partial charge on any atom is 0.256 e. The average Bonchev–Trinajstić information content (AvgIpc) is 3.06. The second-order valence-electron chi connectivity index (χ2n) is 5.63. The van der Waals surface area contributed by atoms with Crippen LogP contribution < -0.4 is 5.32 Å². The van der Waals surface area contributed by atoms with Crippen LogP contribution in [0.1, 0.15) is 28.8 Å². The molecule has 4 nitrogen and oxygen atoms in total. The van der Waals surface area contributed by atoms with Crippen LogP contribution in [0.2, 0.25) is 0 Å². The number of hydrogen-bond acceptors (Lipinski definition) is 4. The number of carbonyl (C=O) groups is 1. The number of benzene rings is 1. The summed E-state index contributed by atoms with van der Waals surface area (Å²) >= 11 is 1.52. The molecule has 1 aliphatic rings. The van der Waals surface area contributed by atoms with Gasteiger partial charge in [-0.25, -0.2) is 0 Å². The molecule has 22 heavy (non-hydrogen) atoms. The molecule has 2 heterocycles. The van der Waals surface area contributed by atoms with Crippen molar-refractivity contribution in [3.05, 3.63) is 52.2 Å². The third-order valence-electron chi connectivity index (χ3n) is 4.00. The highest BCUT2D eigenvalue weighted by molar-refractivity contribution is 7.08. The zero-order valence-corrected chi connectivity index (χ0v) is 13.2. The Morgan fingerprint density at radius 1 is 1.27 bits per heavy atom. The first-order valence-corrected chi connectivity index (χ1v) is 8.48. The Labute approximate surface area is 134 Å². The number of para-hydroxylation sites is 1. The Balaban J connectivity index is 1.68. The molecule has 0 spiro atoms. The molecule has 5 heteroatoms. The van der Waals surface area contributed by atoms with E-state index in [-0.39, 0.29) is 12.0 Å². The molecule has 0 aliphatic carbocycles. The molecular formula is C17H20N2O2S. The highest BCUT2D eigenvalue weighted by atomic mass is 32.1. The standard InChI is InChI=1S/C17H20N2O2S/c20-15-5-8-19(9-6-15)11-13-3-1-2-4-16(13)18-17(21)14-7-10-22-12-14/h1-4,7,10,12,15,20H,5-6,8-9,11H2,(H,18,21). The summed E-state index contributed by atoms with van der Waals surface area (Å²) in [5, 5.41) is 16.3. The Bertz CT molecular complexity index is 619. The van der Waals surface area contributed by atoms with Gasteiger partial charge in [-0.1, -0.05) is 18.2 Å². The summed E-state index contributed by atoms with van der Waals surface area (Å²) in [7, 11) is 0. The zero-order valence-electron chi connectivity index (χ0n) is 12.4. The number of amides is 1. The fourth-order valence-electron chi connectivity index (χ4n) is 2.69. The highest BCUT2D eigenvalue weighted by Gasteiger charge is 2.18. The van der Waals surface area contributed by atoms with Crippen LogP contribution in [0.5, 0.6) is 0 Å². The smallest absolute Gasteiger partial charge is 0.256 e. The lowest BCUT2D eigenvalue weighted by Gasteiger charge is -2.30. The lowest BCUT2D eigenvalue weighted by molar-refractivity contribution is 0.0793. The van der Waals surface area contributed by atoms with Crippen molar-refractivity contribution in [2.24, 2.45) is 0 Å². The molecule has 1 aromatic carbocycles. The van der Waals surface area contributed by atoms with E-state index in [0.29, 0.717) is 5.56 Å². The average molecular weight is 316 g/mol. The SMILES string of the molecule is O=C(Nc1ccccc1CN1CCC(O)CC1)c1ccsc1. The molecule has 0 atom stereocenters. The third kappa shape index (κ3) is 3.74. The first kappa shape index (κ1) is 15.2. The number of carbonyl (C=O) groups excluding carboxylic acids is 1. The van der Waals surface area contributed by atoms with Crippen LogP contribution >= 0.6 is 11.3 Å². The number of hydrogen-bond donors (Lipinski definition) is 2. The lowest BCUT2D eigenvalue weighted by Crippen LogP contribution is -2.35. The summed E-state index contributed by atoms with van der Waals surface area (Å²) in [6.07, 6.45) is 1.48. The number of nitrogens with one attached hydrogen (secondary N) is 1. The summed E-state index contributed by atoms with van der Waals surface area (Å²) in [6, 6.07) is 9.75. The molecule has 1 aromatic heterocycles. The van der Waals surface area contributed by atoms with Gasteiger partial charge in [0.15, 0.2) is 0 Å². The second kappa shape index (κ2) is 7.05. The maximum atomic E-state index is 12.2. The number of thiophene rings is 1.